The smallest absolute Gasteiger partial charge is 0.423 e. The normalized spacial score (nSPS) is 10.7. The molecule has 114 heavy (non-hydrogen) atoms. The standard InChI is InChI=1S/C21H23NSi.4C18H15P.C9H15BO2Si.CH4.Pd.H2/c1-16-14-21(18-8-6-5-7-9-18)22-15-20(16)17-10-12-19(13-11-17)23(2,3)4;4*1-4-10-16(11-5-1)19(17-12-6-2-7-13-17)18-14-8-3-9-15-18;1-13(2,3)9-6-4-8(5-7-9)10(11)12;;;/h5-15H,1-4H3;4*1-15H;4-7,11-12H,1-3H3;1H4;;1H/i;;;;;;;;1+1. The number of pyridine rings is 1. The van der Waals surface area contributed by atoms with Crippen LogP contribution in [0, 0.1) is 6.92 Å². The first-order chi connectivity index (χ1) is 54.7. The van der Waals surface area contributed by atoms with Crippen molar-refractivity contribution < 1.29 is 31.9 Å². The Balaban J connectivity index is 0.000000173. The summed E-state index contributed by atoms with van der Waals surface area (Å²) in [6.45, 7) is 16.1. The molecule has 1 heterocycles. The largest absolute Gasteiger partial charge is 0.488 e. The van der Waals surface area contributed by atoms with Gasteiger partial charge in [0.1, 0.15) is 0 Å². The van der Waals surface area contributed by atoms with Crippen LogP contribution >= 0.6 is 31.7 Å². The summed E-state index contributed by atoms with van der Waals surface area (Å²) in [5, 5.41) is 37.4. The van der Waals surface area contributed by atoms with Crippen molar-refractivity contribution in [1.82, 2.24) is 4.98 Å². The zero-order valence-electron chi connectivity index (χ0n) is 65.3. The molecule has 0 unspecified atom stereocenters. The maximum Gasteiger partial charge on any atom is 0.488 e. The summed E-state index contributed by atoms with van der Waals surface area (Å²) >= 11 is 0. The summed E-state index contributed by atoms with van der Waals surface area (Å²) in [7, 11) is -5.63. The molecule has 0 saturated carbocycles. The minimum Gasteiger partial charge on any atom is -0.423 e. The Morgan fingerprint density at radius 2 is 0.439 bits per heavy atom. The van der Waals surface area contributed by atoms with Crippen LogP contribution in [0.2, 0.25) is 39.3 Å². The van der Waals surface area contributed by atoms with Crippen molar-refractivity contribution in [3.8, 4) is 22.4 Å². The number of rotatable bonds is 17. The Hall–Kier alpha value is -9.75. The van der Waals surface area contributed by atoms with Crippen LogP contribution in [0.3, 0.4) is 0 Å². The molecule has 0 saturated heterocycles. The minimum atomic E-state index is -1.35. The SMILES string of the molecule is C.C[Si](C)(C)c1ccc(B(O)O)cc1.Cc1cc(-c2ccccc2)ncc1-c1ccc([Si](C)(C)C)cc1.[2HH].[Pd].c1ccc(P(c2ccccc2)c2ccccc2)cc1.c1ccc(P(c2ccccc2)c2ccccc2)cc1.c1ccc(P(c2ccccc2)c2ccccc2)cc1.c1ccc(P(c2ccccc2)c2ccccc2)cc1. The van der Waals surface area contributed by atoms with Crippen molar-refractivity contribution in [2.45, 2.75) is 53.6 Å². The van der Waals surface area contributed by atoms with E-state index in [4.69, 9.17) is 10.0 Å². The third-order valence-corrected chi connectivity index (χ3v) is 32.4. The van der Waals surface area contributed by atoms with E-state index >= 15 is 0 Å². The first-order valence-electron chi connectivity index (χ1n) is 38.1. The molecule has 0 spiro atoms. The number of nitrogens with zero attached hydrogens (tertiary/aromatic N) is 1. The van der Waals surface area contributed by atoms with E-state index < -0.39 is 55.0 Å². The van der Waals surface area contributed by atoms with Gasteiger partial charge in [-0.05, 0) is 125 Å². The molecule has 2 N–H and O–H groups in total. The van der Waals surface area contributed by atoms with Crippen LogP contribution in [0.25, 0.3) is 22.4 Å². The van der Waals surface area contributed by atoms with Crippen molar-refractivity contribution in [2.75, 3.05) is 0 Å². The van der Waals surface area contributed by atoms with Gasteiger partial charge in [-0.15, -0.1) is 0 Å². The Morgan fingerprint density at radius 3 is 0.614 bits per heavy atom. The molecular formula is C103H104BNO2P4PdSi2. The second-order valence-electron chi connectivity index (χ2n) is 28.7. The predicted molar refractivity (Wildman–Crippen MR) is 512 cm³/mol. The van der Waals surface area contributed by atoms with Gasteiger partial charge in [0.05, 0.1) is 21.8 Å². The monoisotopic (exact) mass is 1680 g/mol. The molecule has 0 aliphatic carbocycles. The zero-order valence-corrected chi connectivity index (χ0v) is 72.5. The van der Waals surface area contributed by atoms with Crippen LogP contribution in [-0.2, 0) is 20.4 Å². The van der Waals surface area contributed by atoms with Crippen LogP contribution in [0.1, 0.15) is 14.4 Å². The topological polar surface area (TPSA) is 53.4 Å². The predicted octanol–water partition coefficient (Wildman–Crippen LogP) is 19.8. The van der Waals surface area contributed by atoms with Crippen molar-refractivity contribution in [2.24, 2.45) is 0 Å². The van der Waals surface area contributed by atoms with E-state index in [1.807, 2.05) is 24.4 Å². The number of aromatic nitrogens is 1. The van der Waals surface area contributed by atoms with Gasteiger partial charge < -0.3 is 10.0 Å². The van der Waals surface area contributed by atoms with Gasteiger partial charge in [-0.2, -0.15) is 0 Å². The van der Waals surface area contributed by atoms with E-state index in [9.17, 15) is 0 Å². The second-order valence-corrected chi connectivity index (χ2v) is 47.7. The molecule has 0 aliphatic heterocycles. The third kappa shape index (κ3) is 26.4. The molecular weight excluding hydrogens is 1580 g/mol. The second kappa shape index (κ2) is 46.0. The van der Waals surface area contributed by atoms with Gasteiger partial charge in [-0.1, -0.05) is 500 Å². The van der Waals surface area contributed by atoms with Gasteiger partial charge in [-0.3, -0.25) is 4.98 Å². The van der Waals surface area contributed by atoms with Crippen molar-refractivity contribution >= 4 is 134 Å². The van der Waals surface area contributed by atoms with E-state index in [-0.39, 0.29) is 29.3 Å². The van der Waals surface area contributed by atoms with Gasteiger partial charge in [0.15, 0.2) is 0 Å². The molecule has 0 amide bonds. The fourth-order valence-corrected chi connectivity index (χ4v) is 24.2. The fourth-order valence-electron chi connectivity index (χ4n) is 12.6. The van der Waals surface area contributed by atoms with Gasteiger partial charge >= 0.3 is 7.12 Å². The molecule has 0 atom stereocenters. The molecule has 16 aromatic rings. The summed E-state index contributed by atoms with van der Waals surface area (Å²) in [4.78, 5) is 4.67. The molecule has 0 fully saturated rings. The van der Waals surface area contributed by atoms with Crippen molar-refractivity contribution in [3.05, 3.63) is 461 Å². The average Bonchev–Trinajstić information content (AvgIpc) is 0.826. The van der Waals surface area contributed by atoms with E-state index in [0.717, 1.165) is 11.3 Å². The van der Waals surface area contributed by atoms with Crippen molar-refractivity contribution in [1.29, 1.82) is 0 Å². The maximum atomic E-state index is 8.88. The van der Waals surface area contributed by atoms with Gasteiger partial charge in [0, 0.05) is 39.2 Å². The number of hydrogen-bond donors (Lipinski definition) is 2. The van der Waals surface area contributed by atoms with Gasteiger partial charge in [-0.25, -0.2) is 0 Å². The van der Waals surface area contributed by atoms with Crippen LogP contribution < -0.4 is 79.5 Å². The van der Waals surface area contributed by atoms with Crippen LogP contribution in [-0.4, -0.2) is 38.3 Å². The molecule has 1 aromatic heterocycles. The summed E-state index contributed by atoms with van der Waals surface area (Å²) in [5.74, 6) is 0. The summed E-state index contributed by atoms with van der Waals surface area (Å²) in [5.41, 5.74) is 6.48. The van der Waals surface area contributed by atoms with E-state index in [2.05, 4.69) is 470 Å². The molecule has 15 aromatic carbocycles. The number of hydrogen-bond acceptors (Lipinski definition) is 3. The van der Waals surface area contributed by atoms with Crippen molar-refractivity contribution in [3.63, 3.8) is 0 Å². The fraction of sp³-hybridized carbons (Fsp3) is 0.0777. The first kappa shape index (κ1) is 88.2. The molecule has 0 aliphatic rings. The Labute approximate surface area is 702 Å². The minimum absolute atomic E-state index is 0. The molecule has 16 rings (SSSR count). The molecule has 11 heteroatoms. The Morgan fingerprint density at radius 1 is 0.254 bits per heavy atom. The van der Waals surface area contributed by atoms with E-state index in [1.54, 1.807) is 12.1 Å². The summed E-state index contributed by atoms with van der Waals surface area (Å²) in [6.07, 6.45) is 2.00. The number of aryl methyl sites for hydroxylation is 1. The third-order valence-electron chi connectivity index (χ3n) is 18.5. The van der Waals surface area contributed by atoms with Gasteiger partial charge in [0.2, 0.25) is 0 Å². The first-order valence-corrected chi connectivity index (χ1v) is 50.4. The van der Waals surface area contributed by atoms with E-state index in [0.29, 0.717) is 5.46 Å². The Bertz CT molecular complexity index is 4460. The summed E-state index contributed by atoms with van der Waals surface area (Å²) in [6, 6.07) is 158. The maximum absolute atomic E-state index is 8.88. The van der Waals surface area contributed by atoms with Crippen LogP contribution in [0.5, 0.6) is 0 Å². The van der Waals surface area contributed by atoms with Crippen LogP contribution in [0.15, 0.2) is 455 Å². The molecule has 0 radical (unpaired) electrons. The quantitative estimate of drug-likeness (QED) is 0.0706. The zero-order chi connectivity index (χ0) is 78.2. The molecule has 0 bridgehead atoms. The van der Waals surface area contributed by atoms with E-state index in [1.165, 1.54) is 90.7 Å². The molecule has 574 valence electrons. The number of benzene rings is 15. The van der Waals surface area contributed by atoms with Crippen LogP contribution in [0.4, 0.5) is 0 Å². The van der Waals surface area contributed by atoms with Gasteiger partial charge in [0.25, 0.3) is 0 Å². The Kier molecular flexibility index (Phi) is 35.6. The molecule has 3 nitrogen and oxygen atoms in total. The average molecular weight is 1690 g/mol. The summed E-state index contributed by atoms with van der Waals surface area (Å²) < 4.78 is 0.